The molecule has 0 amide bonds. The van der Waals surface area contributed by atoms with Crippen molar-refractivity contribution in [2.75, 3.05) is 0 Å². The molecule has 6 heteroatoms. The van der Waals surface area contributed by atoms with Crippen molar-refractivity contribution in [1.82, 2.24) is 30.6 Å². The first-order valence-corrected chi connectivity index (χ1v) is 13.9. The summed E-state index contributed by atoms with van der Waals surface area (Å²) in [6.45, 7) is 0. The van der Waals surface area contributed by atoms with Gasteiger partial charge in [-0.15, -0.1) is 20.4 Å². The van der Waals surface area contributed by atoms with Crippen LogP contribution < -0.4 is 0 Å². The zero-order valence-electron chi connectivity index (χ0n) is 20.9. The predicted molar refractivity (Wildman–Crippen MR) is 140 cm³/mol. The summed E-state index contributed by atoms with van der Waals surface area (Å²) in [5.41, 5.74) is 8.98. The molecule has 0 radical (unpaired) electrons. The van der Waals surface area contributed by atoms with Gasteiger partial charge in [0.1, 0.15) is 0 Å². The highest BCUT2D eigenvalue weighted by Gasteiger charge is 2.60. The Morgan fingerprint density at radius 3 is 1.84 bits per heavy atom. The van der Waals surface area contributed by atoms with E-state index < -0.39 is 0 Å². The Hall–Kier alpha value is -3.54. The van der Waals surface area contributed by atoms with Gasteiger partial charge in [0.25, 0.3) is 0 Å². The van der Waals surface area contributed by atoms with E-state index in [9.17, 15) is 0 Å². The lowest BCUT2D eigenvalue weighted by molar-refractivity contribution is 0.129. The molecule has 0 aliphatic heterocycles. The number of nitrogens with zero attached hydrogens (tertiary/aromatic N) is 6. The third-order valence-electron chi connectivity index (χ3n) is 9.95. The van der Waals surface area contributed by atoms with Crippen molar-refractivity contribution in [2.45, 2.75) is 56.8 Å². The first-order valence-electron chi connectivity index (χ1n) is 13.9. The van der Waals surface area contributed by atoms with Crippen LogP contribution in [-0.2, 0) is 12.8 Å². The Morgan fingerprint density at radius 1 is 0.568 bits per heavy atom. The molecular formula is C31H30N6. The van der Waals surface area contributed by atoms with Crippen molar-refractivity contribution in [3.8, 4) is 22.6 Å². The monoisotopic (exact) mass is 486 g/mol. The zero-order valence-corrected chi connectivity index (χ0v) is 20.9. The van der Waals surface area contributed by atoms with Gasteiger partial charge in [0.2, 0.25) is 5.82 Å². The van der Waals surface area contributed by atoms with Crippen LogP contribution in [0.15, 0.2) is 61.1 Å². The summed E-state index contributed by atoms with van der Waals surface area (Å²) in [6.07, 6.45) is 12.4. The molecular weight excluding hydrogens is 456 g/mol. The molecule has 0 spiro atoms. The van der Waals surface area contributed by atoms with Crippen LogP contribution in [0, 0.1) is 23.7 Å². The molecule has 8 rings (SSSR count). The van der Waals surface area contributed by atoms with Crippen LogP contribution in [0.3, 0.4) is 0 Å². The fourth-order valence-electron chi connectivity index (χ4n) is 7.76. The van der Waals surface area contributed by atoms with Crippen molar-refractivity contribution < 1.29 is 0 Å². The average Bonchev–Trinajstić information content (AvgIpc) is 3.63. The molecule has 0 N–H and O–H groups in total. The molecule has 4 aromatic rings. The molecule has 6 atom stereocenters. The third-order valence-corrected chi connectivity index (χ3v) is 9.95. The Labute approximate surface area is 217 Å². The fourth-order valence-corrected chi connectivity index (χ4v) is 7.76. The second-order valence-corrected chi connectivity index (χ2v) is 11.6. The molecule has 4 aliphatic rings. The number of hydrogen-bond acceptors (Lipinski definition) is 6. The van der Waals surface area contributed by atoms with Gasteiger partial charge in [-0.2, -0.15) is 10.2 Å². The molecule has 3 unspecified atom stereocenters. The SMILES string of the molecule is c1nnc(-c2ccc(C3CCC3c3ccc(-c4nncc5c4CC[C@H]4C6C[C@@H]6[C@H]4CC5)cc3)cc2)nn1. The van der Waals surface area contributed by atoms with E-state index in [0.717, 1.165) is 41.3 Å². The first kappa shape index (κ1) is 21.5. The fraction of sp³-hybridized carbons (Fsp3) is 0.419. The molecule has 3 saturated carbocycles. The lowest BCUT2D eigenvalue weighted by Crippen LogP contribution is -2.32. The van der Waals surface area contributed by atoms with Crippen LogP contribution in [0.1, 0.15) is 66.2 Å². The number of aryl methyl sites for hydroxylation is 1. The van der Waals surface area contributed by atoms with Crippen LogP contribution in [0.25, 0.3) is 22.6 Å². The predicted octanol–water partition coefficient (Wildman–Crippen LogP) is 5.81. The highest BCUT2D eigenvalue weighted by Crippen LogP contribution is 2.66. The van der Waals surface area contributed by atoms with Gasteiger partial charge in [-0.25, -0.2) is 0 Å². The third kappa shape index (κ3) is 3.60. The molecule has 184 valence electrons. The van der Waals surface area contributed by atoms with E-state index >= 15 is 0 Å². The number of hydrogen-bond donors (Lipinski definition) is 0. The van der Waals surface area contributed by atoms with Gasteiger partial charge in [-0.3, -0.25) is 0 Å². The minimum Gasteiger partial charge on any atom is -0.158 e. The molecule has 2 heterocycles. The molecule has 0 saturated heterocycles. The standard InChI is InChI=1S/C31H30N6/c1-5-20(30-25-13-14-27-26(28-15-29(27)28)10-9-22(25)16-32-35-30)6-2-18(1)23-11-12-24(23)19-3-7-21(8-4-19)31-36-33-17-34-37-31/h1-8,16-17,23-24,26-29H,9-15H2/t23?,24?,26-,27+,28+,29?/m0/s1. The summed E-state index contributed by atoms with van der Waals surface area (Å²) in [7, 11) is 0. The average molecular weight is 487 g/mol. The van der Waals surface area contributed by atoms with Gasteiger partial charge < -0.3 is 0 Å². The molecule has 3 fully saturated rings. The van der Waals surface area contributed by atoms with Gasteiger partial charge in [0.05, 0.1) is 11.9 Å². The van der Waals surface area contributed by atoms with E-state index in [-0.39, 0.29) is 0 Å². The number of fused-ring (bicyclic) bond motifs is 5. The smallest absolute Gasteiger partial charge is 0.158 e. The van der Waals surface area contributed by atoms with Gasteiger partial charge in [0.15, 0.2) is 6.33 Å². The lowest BCUT2D eigenvalue weighted by Gasteiger charge is -2.38. The molecule has 4 aliphatic carbocycles. The summed E-state index contributed by atoms with van der Waals surface area (Å²) in [6, 6.07) is 17.8. The Morgan fingerprint density at radius 2 is 1.19 bits per heavy atom. The molecule has 2 aromatic heterocycles. The highest BCUT2D eigenvalue weighted by molar-refractivity contribution is 5.65. The van der Waals surface area contributed by atoms with Gasteiger partial charge >= 0.3 is 0 Å². The van der Waals surface area contributed by atoms with E-state index in [0.29, 0.717) is 17.7 Å². The van der Waals surface area contributed by atoms with E-state index in [1.54, 1.807) is 0 Å². The summed E-state index contributed by atoms with van der Waals surface area (Å²) in [4.78, 5) is 0. The largest absolute Gasteiger partial charge is 0.203 e. The quantitative estimate of drug-likeness (QED) is 0.362. The summed E-state index contributed by atoms with van der Waals surface area (Å²) >= 11 is 0. The van der Waals surface area contributed by atoms with Crippen LogP contribution in [0.2, 0.25) is 0 Å². The van der Waals surface area contributed by atoms with Gasteiger partial charge in [-0.05, 0) is 103 Å². The molecule has 0 bridgehead atoms. The minimum absolute atomic E-state index is 0.547. The van der Waals surface area contributed by atoms with Crippen molar-refractivity contribution in [3.05, 3.63) is 83.3 Å². The topological polar surface area (TPSA) is 77.3 Å². The second kappa shape index (κ2) is 8.51. The van der Waals surface area contributed by atoms with Crippen LogP contribution >= 0.6 is 0 Å². The maximum Gasteiger partial charge on any atom is 0.203 e. The maximum atomic E-state index is 4.66. The lowest BCUT2D eigenvalue weighted by atomic mass is 9.66. The highest BCUT2D eigenvalue weighted by atomic mass is 15.3. The Bertz CT molecular complexity index is 1440. The maximum absolute atomic E-state index is 4.66. The van der Waals surface area contributed by atoms with Crippen molar-refractivity contribution in [1.29, 1.82) is 0 Å². The van der Waals surface area contributed by atoms with E-state index in [1.165, 1.54) is 72.7 Å². The Balaban J connectivity index is 1.01. The zero-order chi connectivity index (χ0) is 24.3. The van der Waals surface area contributed by atoms with Crippen molar-refractivity contribution in [3.63, 3.8) is 0 Å². The number of rotatable bonds is 4. The summed E-state index contributed by atoms with van der Waals surface area (Å²) in [5, 5.41) is 24.9. The van der Waals surface area contributed by atoms with Gasteiger partial charge in [-0.1, -0.05) is 48.5 Å². The van der Waals surface area contributed by atoms with Crippen LogP contribution in [0.5, 0.6) is 0 Å². The second-order valence-electron chi connectivity index (χ2n) is 11.6. The number of aromatic nitrogens is 6. The summed E-state index contributed by atoms with van der Waals surface area (Å²) in [5.74, 6) is 5.75. The molecule has 6 nitrogen and oxygen atoms in total. The summed E-state index contributed by atoms with van der Waals surface area (Å²) < 4.78 is 0. The van der Waals surface area contributed by atoms with E-state index in [1.807, 2.05) is 6.20 Å². The number of benzene rings is 2. The van der Waals surface area contributed by atoms with E-state index in [4.69, 9.17) is 0 Å². The first-order chi connectivity index (χ1) is 18.3. The molecule has 2 aromatic carbocycles. The van der Waals surface area contributed by atoms with Crippen LogP contribution in [-0.4, -0.2) is 30.6 Å². The van der Waals surface area contributed by atoms with Gasteiger partial charge in [0, 0.05) is 11.1 Å². The van der Waals surface area contributed by atoms with Crippen molar-refractivity contribution in [2.24, 2.45) is 23.7 Å². The van der Waals surface area contributed by atoms with E-state index in [2.05, 4.69) is 79.1 Å². The minimum atomic E-state index is 0.547. The van der Waals surface area contributed by atoms with Crippen molar-refractivity contribution >= 4 is 0 Å². The molecule has 37 heavy (non-hydrogen) atoms. The van der Waals surface area contributed by atoms with Crippen LogP contribution in [0.4, 0.5) is 0 Å². The normalized spacial score (nSPS) is 29.4. The Kier molecular flexibility index (Phi) is 4.95.